The predicted molar refractivity (Wildman–Crippen MR) is 76.9 cm³/mol. The summed E-state index contributed by atoms with van der Waals surface area (Å²) in [5.41, 5.74) is -0.793. The summed E-state index contributed by atoms with van der Waals surface area (Å²) in [4.78, 5) is 13.6. The second-order valence-corrected chi connectivity index (χ2v) is 5.38. The maximum atomic E-state index is 12.7. The summed E-state index contributed by atoms with van der Waals surface area (Å²) >= 11 is 6.03. The number of carbonyl (C=O) groups is 1. The molecule has 0 N–H and O–H groups in total. The van der Waals surface area contributed by atoms with Crippen LogP contribution in [0.1, 0.15) is 28.8 Å². The molecular formula is C13H15ClF3N5O. The minimum Gasteiger partial charge on any atom is -0.334 e. The Hall–Kier alpha value is -2.03. The summed E-state index contributed by atoms with van der Waals surface area (Å²) in [5.74, 6) is -0.599. The first-order valence-corrected chi connectivity index (χ1v) is 7.09. The van der Waals surface area contributed by atoms with Crippen LogP contribution in [0.2, 0.25) is 5.02 Å². The van der Waals surface area contributed by atoms with E-state index < -0.39 is 17.8 Å². The van der Waals surface area contributed by atoms with E-state index in [-0.39, 0.29) is 12.2 Å². The highest BCUT2D eigenvalue weighted by atomic mass is 35.5. The zero-order valence-electron chi connectivity index (χ0n) is 12.7. The minimum absolute atomic E-state index is 0.0806. The molecule has 0 radical (unpaired) electrons. The molecule has 0 aliphatic carbocycles. The molecule has 2 heterocycles. The lowest BCUT2D eigenvalue weighted by molar-refractivity contribution is -0.141. The molecule has 0 aromatic carbocycles. The van der Waals surface area contributed by atoms with Crippen LogP contribution in [0, 0.1) is 0 Å². The molecule has 0 atom stereocenters. The Kier molecular flexibility index (Phi) is 4.69. The Labute approximate surface area is 135 Å². The molecular weight excluding hydrogens is 335 g/mol. The maximum absolute atomic E-state index is 12.7. The van der Waals surface area contributed by atoms with Gasteiger partial charge in [0.05, 0.1) is 11.6 Å². The van der Waals surface area contributed by atoms with Crippen molar-refractivity contribution in [1.29, 1.82) is 0 Å². The van der Waals surface area contributed by atoms with Crippen molar-refractivity contribution in [2.75, 3.05) is 7.05 Å². The van der Waals surface area contributed by atoms with E-state index in [1.165, 1.54) is 19.0 Å². The molecule has 0 spiro atoms. The minimum atomic E-state index is -4.60. The van der Waals surface area contributed by atoms with Crippen LogP contribution < -0.4 is 0 Å². The van der Waals surface area contributed by atoms with Crippen LogP contribution in [0.5, 0.6) is 0 Å². The molecule has 126 valence electrons. The fourth-order valence-corrected chi connectivity index (χ4v) is 2.21. The van der Waals surface area contributed by atoms with E-state index in [1.807, 2.05) is 6.92 Å². The summed E-state index contributed by atoms with van der Waals surface area (Å²) in [7, 11) is 2.75. The van der Waals surface area contributed by atoms with Crippen LogP contribution in [-0.4, -0.2) is 37.4 Å². The van der Waals surface area contributed by atoms with E-state index in [0.717, 1.165) is 10.7 Å². The number of hydrogen-bond donors (Lipinski definition) is 0. The van der Waals surface area contributed by atoms with Gasteiger partial charge in [0.2, 0.25) is 0 Å². The molecule has 2 rings (SSSR count). The van der Waals surface area contributed by atoms with Crippen LogP contribution in [0.4, 0.5) is 13.2 Å². The summed E-state index contributed by atoms with van der Waals surface area (Å²) in [6.45, 7) is 2.58. The lowest BCUT2D eigenvalue weighted by Gasteiger charge is -2.15. The molecule has 2 aromatic rings. The highest BCUT2D eigenvalue weighted by Crippen LogP contribution is 2.28. The third kappa shape index (κ3) is 3.66. The number of aryl methyl sites for hydroxylation is 2. The lowest BCUT2D eigenvalue weighted by Crippen LogP contribution is -2.28. The number of halogens is 4. The molecule has 0 unspecified atom stereocenters. The summed E-state index contributed by atoms with van der Waals surface area (Å²) in [6.07, 6.45) is -2.97. The molecule has 2 aromatic heterocycles. The van der Waals surface area contributed by atoms with Crippen LogP contribution in [-0.2, 0) is 26.3 Å². The first-order chi connectivity index (χ1) is 10.6. The van der Waals surface area contributed by atoms with Gasteiger partial charge in [0.15, 0.2) is 5.69 Å². The third-order valence-electron chi connectivity index (χ3n) is 3.23. The van der Waals surface area contributed by atoms with Gasteiger partial charge in [-0.2, -0.15) is 23.4 Å². The van der Waals surface area contributed by atoms with Crippen molar-refractivity contribution in [3.63, 3.8) is 0 Å². The highest BCUT2D eigenvalue weighted by molar-refractivity contribution is 6.31. The topological polar surface area (TPSA) is 56.0 Å². The van der Waals surface area contributed by atoms with Crippen LogP contribution >= 0.6 is 11.6 Å². The van der Waals surface area contributed by atoms with E-state index in [4.69, 9.17) is 11.6 Å². The fourth-order valence-electron chi connectivity index (χ4n) is 2.00. The number of alkyl halides is 3. The van der Waals surface area contributed by atoms with Gasteiger partial charge < -0.3 is 4.90 Å². The molecule has 6 nitrogen and oxygen atoms in total. The number of carbonyl (C=O) groups excluding carboxylic acids is 1. The highest BCUT2D eigenvalue weighted by Gasteiger charge is 2.35. The molecule has 23 heavy (non-hydrogen) atoms. The second-order valence-electron chi connectivity index (χ2n) is 4.98. The van der Waals surface area contributed by atoms with E-state index in [2.05, 4.69) is 10.2 Å². The van der Waals surface area contributed by atoms with E-state index in [0.29, 0.717) is 17.3 Å². The van der Waals surface area contributed by atoms with E-state index >= 15 is 0 Å². The monoisotopic (exact) mass is 349 g/mol. The van der Waals surface area contributed by atoms with Crippen molar-refractivity contribution in [3.8, 4) is 0 Å². The quantitative estimate of drug-likeness (QED) is 0.852. The largest absolute Gasteiger partial charge is 0.435 e. The van der Waals surface area contributed by atoms with E-state index in [1.54, 1.807) is 10.9 Å². The molecule has 0 saturated heterocycles. The van der Waals surface area contributed by atoms with Crippen molar-refractivity contribution in [3.05, 3.63) is 34.4 Å². The Morgan fingerprint density at radius 2 is 2.04 bits per heavy atom. The SMILES string of the molecule is CCn1cc(Cl)c(CN(C)C(=O)c2cc(C(F)(F)F)nn2C)n1. The zero-order chi connectivity index (χ0) is 17.4. The second kappa shape index (κ2) is 6.23. The Morgan fingerprint density at radius 1 is 1.39 bits per heavy atom. The van der Waals surface area contributed by atoms with Crippen LogP contribution in [0.25, 0.3) is 0 Å². The van der Waals surface area contributed by atoms with Gasteiger partial charge in [-0.1, -0.05) is 11.6 Å². The van der Waals surface area contributed by atoms with Crippen molar-refractivity contribution < 1.29 is 18.0 Å². The molecule has 0 saturated carbocycles. The summed E-state index contributed by atoms with van der Waals surface area (Å²) in [6, 6.07) is 0.727. The molecule has 0 aliphatic heterocycles. The number of amides is 1. The predicted octanol–water partition coefficient (Wildman–Crippen LogP) is 2.58. The molecule has 1 amide bonds. The smallest absolute Gasteiger partial charge is 0.334 e. The maximum Gasteiger partial charge on any atom is 0.435 e. The molecule has 10 heteroatoms. The van der Waals surface area contributed by atoms with Gasteiger partial charge in [-0.15, -0.1) is 0 Å². The van der Waals surface area contributed by atoms with Crippen molar-refractivity contribution in [2.45, 2.75) is 26.2 Å². The van der Waals surface area contributed by atoms with Gasteiger partial charge in [0.1, 0.15) is 11.4 Å². The number of hydrogen-bond acceptors (Lipinski definition) is 3. The van der Waals surface area contributed by atoms with Crippen molar-refractivity contribution >= 4 is 17.5 Å². The standard InChI is InChI=1S/C13H15ClF3N5O/c1-4-22-6-8(14)9(18-22)7-20(2)12(23)10-5-11(13(15,16)17)19-21(10)3/h5-6H,4,7H2,1-3H3. The van der Waals surface area contributed by atoms with Crippen LogP contribution in [0.3, 0.4) is 0 Å². The Morgan fingerprint density at radius 3 is 2.52 bits per heavy atom. The first kappa shape index (κ1) is 17.3. The average molecular weight is 350 g/mol. The van der Waals surface area contributed by atoms with Gasteiger partial charge in [-0.25, -0.2) is 0 Å². The molecule has 0 aliphatic rings. The Balaban J connectivity index is 2.19. The van der Waals surface area contributed by atoms with E-state index in [9.17, 15) is 18.0 Å². The molecule has 0 bridgehead atoms. The Bertz CT molecular complexity index is 722. The van der Waals surface area contributed by atoms with Gasteiger partial charge in [0, 0.05) is 32.9 Å². The number of aromatic nitrogens is 4. The van der Waals surface area contributed by atoms with Crippen LogP contribution in [0.15, 0.2) is 12.3 Å². The van der Waals surface area contributed by atoms with Gasteiger partial charge in [0.25, 0.3) is 5.91 Å². The number of nitrogens with zero attached hydrogens (tertiary/aromatic N) is 5. The summed E-state index contributed by atoms with van der Waals surface area (Å²) < 4.78 is 40.5. The van der Waals surface area contributed by atoms with Gasteiger partial charge in [-0.3, -0.25) is 14.2 Å². The van der Waals surface area contributed by atoms with Gasteiger partial charge >= 0.3 is 6.18 Å². The normalized spacial score (nSPS) is 11.8. The third-order valence-corrected chi connectivity index (χ3v) is 3.55. The average Bonchev–Trinajstić information content (AvgIpc) is 3.01. The zero-order valence-corrected chi connectivity index (χ0v) is 13.5. The fraction of sp³-hybridized carbons (Fsp3) is 0.462. The summed E-state index contributed by atoms with van der Waals surface area (Å²) in [5, 5.41) is 7.92. The number of rotatable bonds is 4. The van der Waals surface area contributed by atoms with Gasteiger partial charge in [-0.05, 0) is 6.92 Å². The first-order valence-electron chi connectivity index (χ1n) is 6.72. The van der Waals surface area contributed by atoms with Crippen molar-refractivity contribution in [2.24, 2.45) is 7.05 Å². The van der Waals surface area contributed by atoms with Crippen molar-refractivity contribution in [1.82, 2.24) is 24.5 Å². The molecule has 0 fully saturated rings. The lowest BCUT2D eigenvalue weighted by atomic mass is 10.3.